The number of halogens is 2. The van der Waals surface area contributed by atoms with E-state index in [-0.39, 0.29) is 12.1 Å². The summed E-state index contributed by atoms with van der Waals surface area (Å²) in [5.74, 6) is -0.530. The summed E-state index contributed by atoms with van der Waals surface area (Å²) in [6.45, 7) is 3.92. The number of imidazole rings is 2. The van der Waals surface area contributed by atoms with E-state index in [0.29, 0.717) is 23.0 Å². The van der Waals surface area contributed by atoms with E-state index in [9.17, 15) is 8.78 Å². The van der Waals surface area contributed by atoms with E-state index < -0.39 is 11.6 Å². The van der Waals surface area contributed by atoms with Crippen LogP contribution in [0.3, 0.4) is 0 Å². The molecule has 2 N–H and O–H groups in total. The summed E-state index contributed by atoms with van der Waals surface area (Å²) in [6.07, 6.45) is 8.05. The van der Waals surface area contributed by atoms with Crippen molar-refractivity contribution in [1.29, 1.82) is 0 Å². The highest BCUT2D eigenvalue weighted by Crippen LogP contribution is 2.35. The molecule has 1 aliphatic carbocycles. The highest BCUT2D eigenvalue weighted by atomic mass is 19.2. The summed E-state index contributed by atoms with van der Waals surface area (Å²) < 4.78 is 31.7. The molecule has 1 saturated heterocycles. The molecule has 12 heteroatoms. The molecule has 1 saturated carbocycles. The molecule has 0 unspecified atom stereocenters. The quantitative estimate of drug-likeness (QED) is 0.366. The summed E-state index contributed by atoms with van der Waals surface area (Å²) in [4.78, 5) is 16.6. The Labute approximate surface area is 210 Å². The topological polar surface area (TPSA) is 95.2 Å². The van der Waals surface area contributed by atoms with Gasteiger partial charge in [-0.3, -0.25) is 4.68 Å². The number of anilines is 2. The molecular formula is C25H26F2N10. The molecule has 2 fully saturated rings. The van der Waals surface area contributed by atoms with Gasteiger partial charge in [-0.1, -0.05) is 0 Å². The second kappa shape index (κ2) is 8.51. The molecule has 5 aromatic rings. The number of benzene rings is 1. The molecule has 2 aliphatic rings. The van der Waals surface area contributed by atoms with Crippen LogP contribution in [0.5, 0.6) is 0 Å². The molecule has 0 spiro atoms. The Morgan fingerprint density at radius 3 is 2.76 bits per heavy atom. The third kappa shape index (κ3) is 3.97. The van der Waals surface area contributed by atoms with Crippen LogP contribution < -0.4 is 10.2 Å². The fraction of sp³-hybridized carbons (Fsp3) is 0.360. The Morgan fingerprint density at radius 1 is 1.11 bits per heavy atom. The average Bonchev–Trinajstić information content (AvgIpc) is 3.29. The molecule has 37 heavy (non-hydrogen) atoms. The summed E-state index contributed by atoms with van der Waals surface area (Å²) in [7, 11) is 2.12. The van der Waals surface area contributed by atoms with Gasteiger partial charge >= 0.3 is 0 Å². The first kappa shape index (κ1) is 22.2. The normalized spacial score (nSPS) is 16.8. The van der Waals surface area contributed by atoms with E-state index >= 15 is 0 Å². The lowest BCUT2D eigenvalue weighted by molar-refractivity contribution is 0.311. The second-order valence-corrected chi connectivity index (χ2v) is 9.82. The number of likely N-dealkylation sites (N-methyl/N-ethyl adjacent to an activating group) is 1. The largest absolute Gasteiger partial charge is 0.375 e. The maximum atomic E-state index is 14.2. The van der Waals surface area contributed by atoms with Gasteiger partial charge in [-0.05, 0) is 32.0 Å². The first-order valence-electron chi connectivity index (χ1n) is 12.5. The molecule has 1 aromatic carbocycles. The number of nitrogens with one attached hydrogen (secondary N) is 2. The summed E-state index contributed by atoms with van der Waals surface area (Å²) >= 11 is 0. The summed E-state index contributed by atoms with van der Waals surface area (Å²) in [5.41, 5.74) is 3.71. The van der Waals surface area contributed by atoms with E-state index in [0.717, 1.165) is 67.8 Å². The van der Waals surface area contributed by atoms with Crippen LogP contribution in [0.25, 0.3) is 27.9 Å². The van der Waals surface area contributed by atoms with Crippen molar-refractivity contribution in [2.45, 2.75) is 25.4 Å². The van der Waals surface area contributed by atoms with Crippen LogP contribution in [0, 0.1) is 11.6 Å². The van der Waals surface area contributed by atoms with Crippen LogP contribution in [-0.4, -0.2) is 72.5 Å². The maximum Gasteiger partial charge on any atom is 0.186 e. The second-order valence-electron chi connectivity index (χ2n) is 9.82. The Balaban J connectivity index is 1.26. The van der Waals surface area contributed by atoms with Crippen molar-refractivity contribution in [1.82, 2.24) is 39.2 Å². The van der Waals surface area contributed by atoms with Gasteiger partial charge in [0.15, 0.2) is 23.1 Å². The predicted octanol–water partition coefficient (Wildman–Crippen LogP) is 3.45. The third-order valence-corrected chi connectivity index (χ3v) is 7.14. The lowest BCUT2D eigenvalue weighted by Crippen LogP contribution is -2.45. The molecule has 4 aromatic heterocycles. The van der Waals surface area contributed by atoms with Gasteiger partial charge in [-0.2, -0.15) is 5.10 Å². The van der Waals surface area contributed by atoms with Gasteiger partial charge in [0, 0.05) is 44.0 Å². The lowest BCUT2D eigenvalue weighted by Gasteiger charge is -2.33. The van der Waals surface area contributed by atoms with Crippen LogP contribution in [-0.2, 0) is 6.54 Å². The minimum absolute atomic E-state index is 0.00873. The molecule has 1 aliphatic heterocycles. The first-order chi connectivity index (χ1) is 18.0. The number of nitrogens with zero attached hydrogens (tertiary/aromatic N) is 8. The fourth-order valence-electron chi connectivity index (χ4n) is 4.81. The van der Waals surface area contributed by atoms with E-state index in [4.69, 9.17) is 5.10 Å². The number of aromatic amines is 1. The third-order valence-electron chi connectivity index (χ3n) is 7.14. The number of piperazine rings is 1. The number of hydrogen-bond donors (Lipinski definition) is 2. The van der Waals surface area contributed by atoms with Crippen molar-refractivity contribution >= 4 is 28.2 Å². The predicted molar refractivity (Wildman–Crippen MR) is 136 cm³/mol. The van der Waals surface area contributed by atoms with Crippen LogP contribution in [0.15, 0.2) is 36.8 Å². The Bertz CT molecular complexity index is 1610. The Kier molecular flexibility index (Phi) is 5.10. The van der Waals surface area contributed by atoms with Gasteiger partial charge < -0.3 is 20.1 Å². The van der Waals surface area contributed by atoms with Gasteiger partial charge in [0.25, 0.3) is 0 Å². The lowest BCUT2D eigenvalue weighted by atomic mass is 10.3. The first-order valence-corrected chi connectivity index (χ1v) is 12.5. The summed E-state index contributed by atoms with van der Waals surface area (Å²) in [6, 6.07) is 5.07. The molecule has 0 amide bonds. The molecule has 5 heterocycles. The molecule has 10 nitrogen and oxygen atoms in total. The average molecular weight is 505 g/mol. The van der Waals surface area contributed by atoms with Gasteiger partial charge in [-0.25, -0.2) is 23.3 Å². The molecule has 0 bridgehead atoms. The number of rotatable bonds is 6. The minimum atomic E-state index is -0.951. The zero-order valence-electron chi connectivity index (χ0n) is 20.3. The highest BCUT2D eigenvalue weighted by Gasteiger charge is 2.25. The number of aromatic nitrogens is 7. The van der Waals surface area contributed by atoms with E-state index in [2.05, 4.69) is 48.4 Å². The molecular weight excluding hydrogens is 478 g/mol. The van der Waals surface area contributed by atoms with E-state index in [1.807, 2.05) is 27.7 Å². The van der Waals surface area contributed by atoms with Gasteiger partial charge in [0.1, 0.15) is 11.3 Å². The zero-order chi connectivity index (χ0) is 25.1. The molecule has 0 atom stereocenters. The smallest absolute Gasteiger partial charge is 0.186 e. The van der Waals surface area contributed by atoms with E-state index in [1.54, 1.807) is 0 Å². The van der Waals surface area contributed by atoms with Crippen molar-refractivity contribution in [2.75, 3.05) is 43.4 Å². The van der Waals surface area contributed by atoms with Crippen molar-refractivity contribution in [3.63, 3.8) is 0 Å². The van der Waals surface area contributed by atoms with Gasteiger partial charge in [0.2, 0.25) is 0 Å². The fourth-order valence-corrected chi connectivity index (χ4v) is 4.81. The van der Waals surface area contributed by atoms with Crippen LogP contribution >= 0.6 is 0 Å². The van der Waals surface area contributed by atoms with Crippen LogP contribution in [0.1, 0.15) is 24.7 Å². The van der Waals surface area contributed by atoms with E-state index in [1.165, 1.54) is 6.07 Å². The number of H-pyrrole nitrogens is 1. The molecule has 190 valence electrons. The molecule has 7 rings (SSSR count). The minimum Gasteiger partial charge on any atom is -0.375 e. The standard InChI is InChI=1S/C25H26F2N10/c1-34-6-8-35(9-7-34)22-10-19(28-13-21-31-18-5-4-17(26)23(27)24(18)32-21)25-29-12-20(37(25)33-22)15-11-30-36(14-15)16-2-3-16/h4-5,10-12,14,16,28H,2-3,6-9,13H2,1H3,(H,31,32). The zero-order valence-corrected chi connectivity index (χ0v) is 20.3. The number of fused-ring (bicyclic) bond motifs is 2. The van der Waals surface area contributed by atoms with Crippen molar-refractivity contribution in [2.24, 2.45) is 0 Å². The molecule has 0 radical (unpaired) electrons. The Morgan fingerprint density at radius 2 is 1.95 bits per heavy atom. The van der Waals surface area contributed by atoms with Crippen molar-refractivity contribution < 1.29 is 8.78 Å². The monoisotopic (exact) mass is 504 g/mol. The maximum absolute atomic E-state index is 14.2. The van der Waals surface area contributed by atoms with Crippen LogP contribution in [0.2, 0.25) is 0 Å². The van der Waals surface area contributed by atoms with Gasteiger partial charge in [-0.15, -0.1) is 5.10 Å². The van der Waals surface area contributed by atoms with Gasteiger partial charge in [0.05, 0.1) is 41.9 Å². The van der Waals surface area contributed by atoms with Crippen molar-refractivity contribution in [3.8, 4) is 11.3 Å². The number of hydrogen-bond acceptors (Lipinski definition) is 7. The Hall–Kier alpha value is -4.06. The summed E-state index contributed by atoms with van der Waals surface area (Å²) in [5, 5.41) is 12.9. The van der Waals surface area contributed by atoms with Crippen molar-refractivity contribution in [3.05, 3.63) is 54.2 Å². The van der Waals surface area contributed by atoms with Crippen LogP contribution in [0.4, 0.5) is 20.3 Å². The highest BCUT2D eigenvalue weighted by molar-refractivity contribution is 5.77. The SMILES string of the molecule is CN1CCN(c2cc(NCc3nc4c(F)c(F)ccc4[nH]3)c3ncc(-c4cnn(C5CC5)c4)n3n2)CC1.